The minimum Gasteiger partial charge on any atom is -0.307 e. The summed E-state index contributed by atoms with van der Waals surface area (Å²) < 4.78 is 64.3. The molecule has 0 fully saturated rings. The van der Waals surface area contributed by atoms with E-state index in [0.29, 0.717) is 0 Å². The molecule has 6 nitrogen and oxygen atoms in total. The predicted molar refractivity (Wildman–Crippen MR) is 107 cm³/mol. The van der Waals surface area contributed by atoms with Gasteiger partial charge in [0.05, 0.1) is 20.5 Å². The first-order chi connectivity index (χ1) is 13.8. The number of alkyl halides is 4. The average molecular weight is 504 g/mol. The number of hydrogen-bond acceptors (Lipinski definition) is 4. The van der Waals surface area contributed by atoms with Crippen molar-refractivity contribution in [2.45, 2.75) is 22.7 Å². The van der Waals surface area contributed by atoms with Crippen LogP contribution >= 0.6 is 34.8 Å². The molecule has 3 amide bonds. The zero-order chi connectivity index (χ0) is 22.9. The Morgan fingerprint density at radius 2 is 1.70 bits per heavy atom. The van der Waals surface area contributed by atoms with Crippen molar-refractivity contribution in [3.8, 4) is 0 Å². The second-order valence-electron chi connectivity index (χ2n) is 5.85. The molecule has 2 N–H and O–H groups in total. The molecule has 0 saturated carbocycles. The van der Waals surface area contributed by atoms with Gasteiger partial charge in [0.1, 0.15) is 0 Å². The molecule has 1 atom stereocenters. The van der Waals surface area contributed by atoms with Gasteiger partial charge in [0.25, 0.3) is 11.5 Å². The van der Waals surface area contributed by atoms with E-state index in [1.807, 2.05) is 5.32 Å². The van der Waals surface area contributed by atoms with Crippen LogP contribution in [0.1, 0.15) is 15.9 Å². The second-order valence-corrected chi connectivity index (χ2v) is 9.04. The number of carbonyl (C=O) groups excluding carboxylic acids is 2. The van der Waals surface area contributed by atoms with E-state index in [9.17, 15) is 31.2 Å². The molecule has 0 saturated heterocycles. The molecule has 0 aliphatic rings. The maximum absolute atomic E-state index is 13.7. The third-order valence-corrected chi connectivity index (χ3v) is 6.77. The van der Waals surface area contributed by atoms with E-state index < -0.39 is 42.6 Å². The van der Waals surface area contributed by atoms with Crippen LogP contribution in [0.25, 0.3) is 0 Å². The molecule has 162 valence electrons. The maximum atomic E-state index is 13.7. The van der Waals surface area contributed by atoms with Gasteiger partial charge >= 0.3 is 11.3 Å². The monoisotopic (exact) mass is 502 g/mol. The van der Waals surface area contributed by atoms with Crippen LogP contribution in [-0.4, -0.2) is 31.2 Å². The van der Waals surface area contributed by atoms with Crippen LogP contribution in [0.3, 0.4) is 0 Å². The van der Waals surface area contributed by atoms with Crippen molar-refractivity contribution in [1.82, 2.24) is 5.32 Å². The summed E-state index contributed by atoms with van der Waals surface area (Å²) in [6.45, 7) is 1.27. The Bertz CT molecular complexity index is 1110. The van der Waals surface area contributed by atoms with Crippen LogP contribution in [0.2, 0.25) is 10.0 Å². The standard InChI is InChI=1S/C17H12Cl3F3N2O4S/c1-8-6-13(30(28,29)17(22,23)15(20)21)11(19)7-12(8)24-16(27)25-14(26)9-4-2-3-5-10(9)18/h2-7,15H,1H3,(H2,24,25,26,27). The van der Waals surface area contributed by atoms with Gasteiger partial charge < -0.3 is 5.32 Å². The van der Waals surface area contributed by atoms with E-state index in [0.717, 1.165) is 12.1 Å². The molecule has 0 spiro atoms. The molecular weight excluding hydrogens is 492 g/mol. The summed E-state index contributed by atoms with van der Waals surface area (Å²) >= 11 is 16.3. The summed E-state index contributed by atoms with van der Waals surface area (Å²) in [7, 11) is -5.57. The highest BCUT2D eigenvalue weighted by Gasteiger charge is 2.54. The molecule has 13 heteroatoms. The molecule has 0 radical (unpaired) electrons. The van der Waals surface area contributed by atoms with Crippen molar-refractivity contribution in [2.24, 2.45) is 0 Å². The lowest BCUT2D eigenvalue weighted by molar-refractivity contribution is 0.0423. The van der Waals surface area contributed by atoms with Gasteiger partial charge in [0.2, 0.25) is 9.84 Å². The molecule has 0 bridgehead atoms. The van der Waals surface area contributed by atoms with Gasteiger partial charge in [-0.1, -0.05) is 46.9 Å². The highest BCUT2D eigenvalue weighted by Crippen LogP contribution is 2.39. The third kappa shape index (κ3) is 4.83. The van der Waals surface area contributed by atoms with Gasteiger partial charge in [0.15, 0.2) is 0 Å². The summed E-state index contributed by atoms with van der Waals surface area (Å²) in [6, 6.07) is 6.49. The largest absolute Gasteiger partial charge is 0.393 e. The third-order valence-electron chi connectivity index (χ3n) is 3.77. The number of imide groups is 1. The predicted octanol–water partition coefficient (Wildman–Crippen LogP) is 5.16. The normalized spacial score (nSPS) is 12.9. The van der Waals surface area contributed by atoms with Crippen molar-refractivity contribution < 1.29 is 31.2 Å². The van der Waals surface area contributed by atoms with Crippen molar-refractivity contribution in [3.63, 3.8) is 0 Å². The number of urea groups is 1. The van der Waals surface area contributed by atoms with Gasteiger partial charge in [0, 0.05) is 5.69 Å². The van der Waals surface area contributed by atoms with Crippen LogP contribution in [-0.2, 0) is 9.84 Å². The van der Waals surface area contributed by atoms with E-state index >= 15 is 0 Å². The molecule has 1 unspecified atom stereocenters. The molecule has 2 aromatic rings. The van der Waals surface area contributed by atoms with Crippen LogP contribution in [0, 0.1) is 6.92 Å². The second kappa shape index (κ2) is 9.01. The summed E-state index contributed by atoms with van der Waals surface area (Å²) in [5.74, 6) is -0.822. The number of nitrogens with one attached hydrogen (secondary N) is 2. The van der Waals surface area contributed by atoms with Gasteiger partial charge in [-0.15, -0.1) is 0 Å². The topological polar surface area (TPSA) is 92.3 Å². The lowest BCUT2D eigenvalue weighted by Gasteiger charge is -2.19. The number of halogens is 6. The molecule has 2 aromatic carbocycles. The fourth-order valence-corrected chi connectivity index (χ4v) is 4.45. The van der Waals surface area contributed by atoms with Crippen LogP contribution in [0.5, 0.6) is 0 Å². The number of amides is 3. The molecule has 0 aliphatic heterocycles. The van der Waals surface area contributed by atoms with Gasteiger partial charge in [-0.3, -0.25) is 10.1 Å². The van der Waals surface area contributed by atoms with Gasteiger partial charge in [-0.2, -0.15) is 8.78 Å². The molecule has 0 aliphatic carbocycles. The maximum Gasteiger partial charge on any atom is 0.393 e. The SMILES string of the molecule is Cc1cc(S(=O)(=O)C(F)(F)C(F)Cl)c(Cl)cc1NC(=O)NC(=O)c1ccccc1Cl. The summed E-state index contributed by atoms with van der Waals surface area (Å²) in [4.78, 5) is 23.1. The Labute approximate surface area is 184 Å². The smallest absolute Gasteiger partial charge is 0.307 e. The quantitative estimate of drug-likeness (QED) is 0.551. The number of carbonyl (C=O) groups is 2. The minimum atomic E-state index is -5.57. The summed E-state index contributed by atoms with van der Waals surface area (Å²) in [5, 5.41) is -1.32. The first-order valence-electron chi connectivity index (χ1n) is 7.86. The fraction of sp³-hybridized carbons (Fsp3) is 0.176. The van der Waals surface area contributed by atoms with E-state index in [1.54, 1.807) is 6.07 Å². The Morgan fingerprint density at radius 1 is 1.10 bits per heavy atom. The number of anilines is 1. The molecule has 30 heavy (non-hydrogen) atoms. The summed E-state index contributed by atoms with van der Waals surface area (Å²) in [6.07, 6.45) is 0. The van der Waals surface area contributed by atoms with Crippen molar-refractivity contribution in [3.05, 3.63) is 57.6 Å². The Hall–Kier alpha value is -2.01. The van der Waals surface area contributed by atoms with Crippen molar-refractivity contribution in [1.29, 1.82) is 0 Å². The van der Waals surface area contributed by atoms with Crippen LogP contribution in [0.4, 0.5) is 23.7 Å². The van der Waals surface area contributed by atoms with Crippen molar-refractivity contribution in [2.75, 3.05) is 5.32 Å². The van der Waals surface area contributed by atoms with Gasteiger partial charge in [-0.05, 0) is 36.8 Å². The lowest BCUT2D eigenvalue weighted by Crippen LogP contribution is -2.36. The Kier molecular flexibility index (Phi) is 7.28. The fourth-order valence-electron chi connectivity index (χ4n) is 2.23. The van der Waals surface area contributed by atoms with Crippen LogP contribution < -0.4 is 10.6 Å². The highest BCUT2D eigenvalue weighted by molar-refractivity contribution is 7.92. The van der Waals surface area contributed by atoms with Gasteiger partial charge in [-0.25, -0.2) is 17.6 Å². The highest BCUT2D eigenvalue weighted by atomic mass is 35.5. The molecule has 0 aromatic heterocycles. The lowest BCUT2D eigenvalue weighted by atomic mass is 10.2. The zero-order valence-corrected chi connectivity index (χ0v) is 17.9. The Balaban J connectivity index is 2.27. The number of sulfone groups is 1. The minimum absolute atomic E-state index is 0.0147. The first-order valence-corrected chi connectivity index (χ1v) is 10.5. The molecule has 2 rings (SSSR count). The zero-order valence-electron chi connectivity index (χ0n) is 14.9. The van der Waals surface area contributed by atoms with E-state index in [4.69, 9.17) is 23.2 Å². The van der Waals surface area contributed by atoms with E-state index in [1.165, 1.54) is 25.1 Å². The number of aryl methyl sites for hydroxylation is 1. The summed E-state index contributed by atoms with van der Waals surface area (Å²) in [5.41, 5.74) is -3.58. The van der Waals surface area contributed by atoms with E-state index in [-0.39, 0.29) is 21.8 Å². The molecular formula is C17H12Cl3F3N2O4S. The Morgan fingerprint density at radius 3 is 2.27 bits per heavy atom. The van der Waals surface area contributed by atoms with Crippen molar-refractivity contribution >= 4 is 62.3 Å². The first kappa shape index (κ1) is 24.3. The molecule has 0 heterocycles. The number of hydrogen-bond donors (Lipinski definition) is 2. The number of benzene rings is 2. The van der Waals surface area contributed by atoms with Crippen LogP contribution in [0.15, 0.2) is 41.3 Å². The number of rotatable bonds is 5. The average Bonchev–Trinajstić information content (AvgIpc) is 2.64. The van der Waals surface area contributed by atoms with E-state index in [2.05, 4.69) is 16.9 Å².